The van der Waals surface area contributed by atoms with Gasteiger partial charge >= 0.3 is 11.9 Å². The van der Waals surface area contributed by atoms with E-state index in [-0.39, 0.29) is 11.3 Å². The summed E-state index contributed by atoms with van der Waals surface area (Å²) < 4.78 is 5.55. The molecule has 118 valence electrons. The minimum absolute atomic E-state index is 0.0111. The minimum Gasteiger partial charge on any atom is -0.489 e. The topological polar surface area (TPSA) is 119 Å². The van der Waals surface area contributed by atoms with Gasteiger partial charge in [-0.2, -0.15) is 0 Å². The molecular formula is C16H14N2O5. The molecule has 0 unspecified atom stereocenters. The Labute approximate surface area is 131 Å². The Kier molecular flexibility index (Phi) is 4.93. The molecule has 7 heteroatoms. The number of nitrogens with two attached hydrogens (primary N) is 1. The third kappa shape index (κ3) is 4.31. The average Bonchev–Trinajstić information content (AvgIpc) is 2.54. The molecule has 2 aromatic carbocycles. The highest BCUT2D eigenvalue weighted by Crippen LogP contribution is 2.22. The predicted molar refractivity (Wildman–Crippen MR) is 82.0 cm³/mol. The van der Waals surface area contributed by atoms with Gasteiger partial charge in [-0.3, -0.25) is 9.59 Å². The second kappa shape index (κ2) is 7.08. The molecule has 0 aliphatic rings. The smallest absolute Gasteiger partial charge is 0.394 e. The van der Waals surface area contributed by atoms with Crippen LogP contribution in [0.1, 0.15) is 15.9 Å². The summed E-state index contributed by atoms with van der Waals surface area (Å²) in [7, 11) is 0. The first-order valence-electron chi connectivity index (χ1n) is 6.62. The van der Waals surface area contributed by atoms with Crippen molar-refractivity contribution in [2.45, 2.75) is 6.61 Å². The summed E-state index contributed by atoms with van der Waals surface area (Å²) in [5, 5.41) is 10.7. The number of nitrogens with one attached hydrogen (secondary N) is 1. The molecule has 0 saturated carbocycles. The van der Waals surface area contributed by atoms with Crippen molar-refractivity contribution in [3.05, 3.63) is 59.7 Å². The van der Waals surface area contributed by atoms with Gasteiger partial charge in [0.1, 0.15) is 12.4 Å². The molecule has 2 aromatic rings. The zero-order chi connectivity index (χ0) is 16.8. The number of aliphatic carboxylic acids is 1. The molecule has 0 radical (unpaired) electrons. The molecule has 2 amide bonds. The maximum atomic E-state index is 11.5. The van der Waals surface area contributed by atoms with Crippen LogP contribution in [-0.4, -0.2) is 22.9 Å². The Morgan fingerprint density at radius 3 is 2.39 bits per heavy atom. The Bertz CT molecular complexity index is 743. The van der Waals surface area contributed by atoms with Crippen molar-refractivity contribution in [2.75, 3.05) is 5.32 Å². The number of carbonyl (C=O) groups is 3. The van der Waals surface area contributed by atoms with Crippen molar-refractivity contribution in [1.82, 2.24) is 0 Å². The summed E-state index contributed by atoms with van der Waals surface area (Å²) in [6.07, 6.45) is 0. The van der Waals surface area contributed by atoms with E-state index >= 15 is 0 Å². The predicted octanol–water partition coefficient (Wildman–Crippen LogP) is 1.39. The van der Waals surface area contributed by atoms with Crippen molar-refractivity contribution in [2.24, 2.45) is 5.73 Å². The molecule has 7 nitrogen and oxygen atoms in total. The minimum atomic E-state index is -1.66. The fourth-order valence-corrected chi connectivity index (χ4v) is 1.84. The average molecular weight is 314 g/mol. The zero-order valence-corrected chi connectivity index (χ0v) is 12.0. The van der Waals surface area contributed by atoms with Crippen molar-refractivity contribution < 1.29 is 24.2 Å². The molecule has 0 spiro atoms. The van der Waals surface area contributed by atoms with Gasteiger partial charge in [0.15, 0.2) is 0 Å². The van der Waals surface area contributed by atoms with Gasteiger partial charge in [0, 0.05) is 0 Å². The van der Waals surface area contributed by atoms with Crippen molar-refractivity contribution in [3.8, 4) is 5.75 Å². The van der Waals surface area contributed by atoms with Crippen LogP contribution in [0.5, 0.6) is 5.75 Å². The first-order chi connectivity index (χ1) is 11.0. The lowest BCUT2D eigenvalue weighted by Gasteiger charge is -2.11. The molecule has 0 aliphatic heterocycles. The van der Waals surface area contributed by atoms with E-state index in [1.807, 2.05) is 30.3 Å². The number of primary amides is 1. The summed E-state index contributed by atoms with van der Waals surface area (Å²) in [5.41, 5.74) is 6.16. The number of rotatable bonds is 5. The second-order valence-electron chi connectivity index (χ2n) is 4.61. The normalized spacial score (nSPS) is 9.91. The summed E-state index contributed by atoms with van der Waals surface area (Å²) in [5.74, 6) is -3.36. The maximum Gasteiger partial charge on any atom is 0.394 e. The van der Waals surface area contributed by atoms with Crippen molar-refractivity contribution >= 4 is 23.5 Å². The quantitative estimate of drug-likeness (QED) is 0.721. The molecule has 0 fully saturated rings. The van der Waals surface area contributed by atoms with E-state index in [4.69, 9.17) is 15.6 Å². The van der Waals surface area contributed by atoms with E-state index in [0.29, 0.717) is 12.4 Å². The van der Waals surface area contributed by atoms with Crippen LogP contribution in [-0.2, 0) is 16.2 Å². The SMILES string of the molecule is NC(=O)c1cc(OCc2ccccc2)ccc1NC(=O)C(=O)O. The number of carbonyl (C=O) groups excluding carboxylic acids is 2. The number of benzene rings is 2. The molecule has 0 atom stereocenters. The highest BCUT2D eigenvalue weighted by Gasteiger charge is 2.16. The van der Waals surface area contributed by atoms with Gasteiger partial charge < -0.3 is 20.9 Å². The van der Waals surface area contributed by atoms with Gasteiger partial charge in [-0.05, 0) is 23.8 Å². The third-order valence-electron chi connectivity index (χ3n) is 2.95. The largest absolute Gasteiger partial charge is 0.489 e. The lowest BCUT2D eigenvalue weighted by molar-refractivity contribution is -0.147. The Balaban J connectivity index is 2.17. The Morgan fingerprint density at radius 2 is 1.78 bits per heavy atom. The van der Waals surface area contributed by atoms with Gasteiger partial charge in [0.2, 0.25) is 0 Å². The van der Waals surface area contributed by atoms with Gasteiger partial charge in [0.25, 0.3) is 5.91 Å². The van der Waals surface area contributed by atoms with Gasteiger partial charge in [-0.1, -0.05) is 30.3 Å². The van der Waals surface area contributed by atoms with Gasteiger partial charge in [0.05, 0.1) is 11.3 Å². The van der Waals surface area contributed by atoms with Crippen LogP contribution < -0.4 is 15.8 Å². The van der Waals surface area contributed by atoms with E-state index in [9.17, 15) is 14.4 Å². The number of hydrogen-bond donors (Lipinski definition) is 3. The number of hydrogen-bond acceptors (Lipinski definition) is 4. The molecular weight excluding hydrogens is 300 g/mol. The highest BCUT2D eigenvalue weighted by molar-refractivity contribution is 6.36. The van der Waals surface area contributed by atoms with Gasteiger partial charge in [-0.25, -0.2) is 4.79 Å². The third-order valence-corrected chi connectivity index (χ3v) is 2.95. The number of amides is 2. The van der Waals surface area contributed by atoms with E-state index in [1.54, 1.807) is 0 Å². The highest BCUT2D eigenvalue weighted by atomic mass is 16.5. The molecule has 0 aromatic heterocycles. The number of carboxylic acids is 1. The van der Waals surface area contributed by atoms with Crippen molar-refractivity contribution in [1.29, 1.82) is 0 Å². The molecule has 0 aliphatic carbocycles. The van der Waals surface area contributed by atoms with E-state index in [1.165, 1.54) is 18.2 Å². The molecule has 0 bridgehead atoms. The maximum absolute atomic E-state index is 11.5. The van der Waals surface area contributed by atoms with E-state index in [0.717, 1.165) is 5.56 Å². The first-order valence-corrected chi connectivity index (χ1v) is 6.62. The number of anilines is 1. The van der Waals surface area contributed by atoms with Gasteiger partial charge in [-0.15, -0.1) is 0 Å². The Hall–Kier alpha value is -3.35. The number of carboxylic acid groups (broad SMARTS) is 1. The zero-order valence-electron chi connectivity index (χ0n) is 12.0. The Morgan fingerprint density at radius 1 is 1.09 bits per heavy atom. The molecule has 2 rings (SSSR count). The molecule has 0 heterocycles. The summed E-state index contributed by atoms with van der Waals surface area (Å²) in [6.45, 7) is 0.292. The lowest BCUT2D eigenvalue weighted by Crippen LogP contribution is -2.24. The standard InChI is InChI=1S/C16H14N2O5/c17-14(19)12-8-11(23-9-10-4-2-1-3-5-10)6-7-13(12)18-15(20)16(21)22/h1-8H,9H2,(H2,17,19)(H,18,20)(H,21,22). The van der Waals surface area contributed by atoms with Crippen LogP contribution >= 0.6 is 0 Å². The lowest BCUT2D eigenvalue weighted by atomic mass is 10.1. The number of ether oxygens (including phenoxy) is 1. The molecule has 4 N–H and O–H groups in total. The summed E-state index contributed by atoms with van der Waals surface area (Å²) in [4.78, 5) is 33.2. The van der Waals surface area contributed by atoms with Crippen LogP contribution in [0.3, 0.4) is 0 Å². The monoisotopic (exact) mass is 314 g/mol. The molecule has 0 saturated heterocycles. The summed E-state index contributed by atoms with van der Waals surface area (Å²) >= 11 is 0. The molecule has 23 heavy (non-hydrogen) atoms. The van der Waals surface area contributed by atoms with E-state index < -0.39 is 17.8 Å². The summed E-state index contributed by atoms with van der Waals surface area (Å²) in [6, 6.07) is 13.6. The fourth-order valence-electron chi connectivity index (χ4n) is 1.84. The first kappa shape index (κ1) is 16.0. The van der Waals surface area contributed by atoms with Crippen LogP contribution in [0.2, 0.25) is 0 Å². The van der Waals surface area contributed by atoms with E-state index in [2.05, 4.69) is 5.32 Å². The van der Waals surface area contributed by atoms with Crippen LogP contribution in [0.25, 0.3) is 0 Å². The second-order valence-corrected chi connectivity index (χ2v) is 4.61. The van der Waals surface area contributed by atoms with Crippen molar-refractivity contribution in [3.63, 3.8) is 0 Å². The van der Waals surface area contributed by atoms with Crippen LogP contribution in [0.15, 0.2) is 48.5 Å². The fraction of sp³-hybridized carbons (Fsp3) is 0.0625. The van der Waals surface area contributed by atoms with Crippen LogP contribution in [0.4, 0.5) is 5.69 Å². The van der Waals surface area contributed by atoms with Crippen LogP contribution in [0, 0.1) is 0 Å².